The predicted molar refractivity (Wildman–Crippen MR) is 78.8 cm³/mol. The van der Waals surface area contributed by atoms with E-state index in [1.807, 2.05) is 30.3 Å². The van der Waals surface area contributed by atoms with E-state index in [1.165, 1.54) is 6.33 Å². The number of nitrogens with zero attached hydrogens (tertiary/aromatic N) is 3. The van der Waals surface area contributed by atoms with Crippen LogP contribution in [0.1, 0.15) is 22.6 Å². The van der Waals surface area contributed by atoms with Crippen molar-refractivity contribution < 1.29 is 4.79 Å². The normalized spacial score (nSPS) is 10.7. The Morgan fingerprint density at radius 2 is 2.14 bits per heavy atom. The number of amides is 1. The van der Waals surface area contributed by atoms with Gasteiger partial charge in [-0.2, -0.15) is 5.10 Å². The van der Waals surface area contributed by atoms with E-state index in [0.29, 0.717) is 12.1 Å². The number of aromatic nitrogens is 4. The fourth-order valence-corrected chi connectivity index (χ4v) is 2.21. The van der Waals surface area contributed by atoms with Gasteiger partial charge < -0.3 is 5.32 Å². The van der Waals surface area contributed by atoms with E-state index in [1.54, 1.807) is 6.20 Å². The summed E-state index contributed by atoms with van der Waals surface area (Å²) in [5.41, 5.74) is 1.48. The molecule has 1 aromatic carbocycles. The second kappa shape index (κ2) is 6.13. The van der Waals surface area contributed by atoms with Crippen molar-refractivity contribution in [1.29, 1.82) is 0 Å². The van der Waals surface area contributed by atoms with Crippen LogP contribution in [0.15, 0.2) is 42.9 Å². The molecule has 0 aliphatic carbocycles. The number of aromatic amines is 1. The molecule has 0 radical (unpaired) electrons. The van der Waals surface area contributed by atoms with Crippen LogP contribution in [-0.2, 0) is 6.42 Å². The van der Waals surface area contributed by atoms with Gasteiger partial charge in [0.25, 0.3) is 5.91 Å². The van der Waals surface area contributed by atoms with Crippen LogP contribution in [0.3, 0.4) is 0 Å². The first-order valence-electron chi connectivity index (χ1n) is 6.81. The Morgan fingerprint density at radius 3 is 3.00 bits per heavy atom. The number of carbonyl (C=O) groups is 1. The highest BCUT2D eigenvalue weighted by Crippen LogP contribution is 2.16. The monoisotopic (exact) mass is 281 g/mol. The number of rotatable bonds is 5. The molecule has 2 heterocycles. The molecule has 0 bridgehead atoms. The molecule has 3 aromatic rings. The maximum Gasteiger partial charge on any atom is 0.251 e. The smallest absolute Gasteiger partial charge is 0.251 e. The highest BCUT2D eigenvalue weighted by atomic mass is 16.1. The van der Waals surface area contributed by atoms with Gasteiger partial charge in [0.05, 0.1) is 5.52 Å². The molecule has 6 nitrogen and oxygen atoms in total. The highest BCUT2D eigenvalue weighted by Gasteiger charge is 2.09. The summed E-state index contributed by atoms with van der Waals surface area (Å²) in [6.45, 7) is 0.593. The van der Waals surface area contributed by atoms with E-state index in [0.717, 1.165) is 29.6 Å². The number of carbonyl (C=O) groups excluding carboxylic acids is 1. The standard InChI is InChI=1S/C15H15N5O/c21-15(17-9-3-7-14-18-10-19-20-14)12-4-1-6-13-11(12)5-2-8-16-13/h1-2,4-6,8,10H,3,7,9H2,(H,17,21)(H,18,19,20). The third-order valence-electron chi connectivity index (χ3n) is 3.23. The van der Waals surface area contributed by atoms with E-state index in [4.69, 9.17) is 0 Å². The van der Waals surface area contributed by atoms with Gasteiger partial charge in [-0.1, -0.05) is 12.1 Å². The minimum absolute atomic E-state index is 0.0776. The Labute approximate surface area is 121 Å². The summed E-state index contributed by atoms with van der Waals surface area (Å²) < 4.78 is 0. The Morgan fingerprint density at radius 1 is 1.19 bits per heavy atom. The van der Waals surface area contributed by atoms with Crippen molar-refractivity contribution in [1.82, 2.24) is 25.5 Å². The largest absolute Gasteiger partial charge is 0.352 e. The zero-order valence-electron chi connectivity index (χ0n) is 11.4. The van der Waals surface area contributed by atoms with Crippen molar-refractivity contribution in [3.05, 3.63) is 54.2 Å². The van der Waals surface area contributed by atoms with Crippen LogP contribution in [-0.4, -0.2) is 32.6 Å². The van der Waals surface area contributed by atoms with E-state index >= 15 is 0 Å². The van der Waals surface area contributed by atoms with Crippen LogP contribution in [0, 0.1) is 0 Å². The van der Waals surface area contributed by atoms with Gasteiger partial charge in [0.2, 0.25) is 0 Å². The van der Waals surface area contributed by atoms with E-state index in [-0.39, 0.29) is 5.91 Å². The summed E-state index contributed by atoms with van der Waals surface area (Å²) in [4.78, 5) is 20.5. The number of H-pyrrole nitrogens is 1. The number of nitrogens with one attached hydrogen (secondary N) is 2. The third kappa shape index (κ3) is 3.05. The Hall–Kier alpha value is -2.76. The van der Waals surface area contributed by atoms with Gasteiger partial charge in [0.1, 0.15) is 12.2 Å². The van der Waals surface area contributed by atoms with Gasteiger partial charge in [0, 0.05) is 30.1 Å². The molecular formula is C15H15N5O. The average molecular weight is 281 g/mol. The molecule has 21 heavy (non-hydrogen) atoms. The molecule has 0 unspecified atom stereocenters. The molecule has 1 amide bonds. The summed E-state index contributed by atoms with van der Waals surface area (Å²) in [5, 5.41) is 10.4. The maximum absolute atomic E-state index is 12.2. The Balaban J connectivity index is 1.62. The molecule has 0 spiro atoms. The van der Waals surface area contributed by atoms with Crippen LogP contribution >= 0.6 is 0 Å². The lowest BCUT2D eigenvalue weighted by atomic mass is 10.1. The van der Waals surface area contributed by atoms with Gasteiger partial charge in [-0.05, 0) is 24.6 Å². The van der Waals surface area contributed by atoms with Gasteiger partial charge in [-0.3, -0.25) is 14.9 Å². The fraction of sp³-hybridized carbons (Fsp3) is 0.200. The van der Waals surface area contributed by atoms with Crippen LogP contribution in [0.2, 0.25) is 0 Å². The molecule has 0 aliphatic rings. The number of fused-ring (bicyclic) bond motifs is 1. The lowest BCUT2D eigenvalue weighted by Crippen LogP contribution is -2.25. The highest BCUT2D eigenvalue weighted by molar-refractivity contribution is 6.06. The van der Waals surface area contributed by atoms with Crippen LogP contribution in [0.5, 0.6) is 0 Å². The second-order valence-corrected chi connectivity index (χ2v) is 4.67. The summed E-state index contributed by atoms with van der Waals surface area (Å²) >= 11 is 0. The summed E-state index contributed by atoms with van der Waals surface area (Å²) in [5.74, 6) is 0.754. The zero-order valence-corrected chi connectivity index (χ0v) is 11.4. The minimum atomic E-state index is -0.0776. The summed E-state index contributed by atoms with van der Waals surface area (Å²) in [6, 6.07) is 9.30. The van der Waals surface area contributed by atoms with Crippen molar-refractivity contribution in [2.45, 2.75) is 12.8 Å². The average Bonchev–Trinajstić information content (AvgIpc) is 3.04. The molecule has 106 valence electrons. The molecule has 0 saturated carbocycles. The van der Waals surface area contributed by atoms with E-state index < -0.39 is 0 Å². The number of benzene rings is 1. The summed E-state index contributed by atoms with van der Waals surface area (Å²) in [6.07, 6.45) is 4.78. The predicted octanol–water partition coefficient (Wildman–Crippen LogP) is 1.72. The molecule has 2 N–H and O–H groups in total. The second-order valence-electron chi connectivity index (χ2n) is 4.67. The van der Waals surface area contributed by atoms with Gasteiger partial charge in [0.15, 0.2) is 0 Å². The first-order valence-corrected chi connectivity index (χ1v) is 6.81. The fourth-order valence-electron chi connectivity index (χ4n) is 2.21. The molecule has 0 aliphatic heterocycles. The first-order chi connectivity index (χ1) is 10.3. The molecule has 3 rings (SSSR count). The summed E-state index contributed by atoms with van der Waals surface area (Å²) in [7, 11) is 0. The lowest BCUT2D eigenvalue weighted by molar-refractivity contribution is 0.0955. The number of pyridine rings is 1. The quantitative estimate of drug-likeness (QED) is 0.697. The van der Waals surface area contributed by atoms with Gasteiger partial charge in [-0.15, -0.1) is 0 Å². The first kappa shape index (κ1) is 13.2. The number of hydrogen-bond acceptors (Lipinski definition) is 4. The third-order valence-corrected chi connectivity index (χ3v) is 3.23. The molecule has 0 atom stereocenters. The van der Waals surface area contributed by atoms with Crippen molar-refractivity contribution in [3.8, 4) is 0 Å². The molecule has 0 saturated heterocycles. The van der Waals surface area contributed by atoms with Crippen LogP contribution < -0.4 is 5.32 Å². The Kier molecular flexibility index (Phi) is 3.86. The number of aryl methyl sites for hydroxylation is 1. The maximum atomic E-state index is 12.2. The SMILES string of the molecule is O=C(NCCCc1ncn[nH]1)c1cccc2ncccc12. The minimum Gasteiger partial charge on any atom is -0.352 e. The van der Waals surface area contributed by atoms with Gasteiger partial charge in [-0.25, -0.2) is 4.98 Å². The van der Waals surface area contributed by atoms with Crippen molar-refractivity contribution >= 4 is 16.8 Å². The molecule has 0 fully saturated rings. The van der Waals surface area contributed by atoms with Crippen molar-refractivity contribution in [2.75, 3.05) is 6.54 Å². The van der Waals surface area contributed by atoms with E-state index in [2.05, 4.69) is 25.5 Å². The lowest BCUT2D eigenvalue weighted by Gasteiger charge is -2.07. The van der Waals surface area contributed by atoms with Crippen molar-refractivity contribution in [2.24, 2.45) is 0 Å². The number of hydrogen-bond donors (Lipinski definition) is 2. The Bertz CT molecular complexity index is 733. The van der Waals surface area contributed by atoms with Crippen LogP contribution in [0.25, 0.3) is 10.9 Å². The van der Waals surface area contributed by atoms with Crippen molar-refractivity contribution in [3.63, 3.8) is 0 Å². The van der Waals surface area contributed by atoms with Gasteiger partial charge >= 0.3 is 0 Å². The van der Waals surface area contributed by atoms with E-state index in [9.17, 15) is 4.79 Å². The molecule has 2 aromatic heterocycles. The topological polar surface area (TPSA) is 83.6 Å². The molecule has 6 heteroatoms. The zero-order chi connectivity index (χ0) is 14.5. The molecular weight excluding hydrogens is 266 g/mol. The van der Waals surface area contributed by atoms with Crippen LogP contribution in [0.4, 0.5) is 0 Å².